The molecule has 0 radical (unpaired) electrons. The van der Waals surface area contributed by atoms with E-state index in [0.717, 1.165) is 23.5 Å². The van der Waals surface area contributed by atoms with E-state index in [4.69, 9.17) is 9.47 Å². The van der Waals surface area contributed by atoms with Crippen molar-refractivity contribution in [2.75, 3.05) is 18.7 Å². The molecule has 0 atom stereocenters. The summed E-state index contributed by atoms with van der Waals surface area (Å²) in [6, 6.07) is 9.25. The van der Waals surface area contributed by atoms with Crippen molar-refractivity contribution in [2.45, 2.75) is 19.9 Å². The van der Waals surface area contributed by atoms with E-state index in [1.165, 1.54) is 0 Å². The van der Waals surface area contributed by atoms with Crippen LogP contribution in [0.1, 0.15) is 29.3 Å². The van der Waals surface area contributed by atoms with E-state index in [-0.39, 0.29) is 12.7 Å². The second-order valence-electron chi connectivity index (χ2n) is 5.23. The van der Waals surface area contributed by atoms with Crippen molar-refractivity contribution >= 4 is 11.7 Å². The zero-order valence-corrected chi connectivity index (χ0v) is 13.0. The van der Waals surface area contributed by atoms with Crippen molar-refractivity contribution in [2.24, 2.45) is 0 Å². The molecule has 120 valence electrons. The third-order valence-corrected chi connectivity index (χ3v) is 3.47. The highest BCUT2D eigenvalue weighted by Crippen LogP contribution is 2.32. The summed E-state index contributed by atoms with van der Waals surface area (Å²) >= 11 is 0. The van der Waals surface area contributed by atoms with Crippen LogP contribution in [0.15, 0.2) is 36.5 Å². The van der Waals surface area contributed by atoms with Gasteiger partial charge in [0, 0.05) is 24.8 Å². The third kappa shape index (κ3) is 3.71. The first-order chi connectivity index (χ1) is 11.3. The molecule has 0 unspecified atom stereocenters. The number of hydrogen-bond acceptors (Lipinski definition) is 5. The number of benzene rings is 1. The molecule has 0 fully saturated rings. The first kappa shape index (κ1) is 15.1. The standard InChI is InChI=1S/C17H19N3O3/c1-2-6-19-17(21)13-5-7-18-16(9-13)20-10-12-3-4-14-15(8-12)23-11-22-14/h3-5,7-9H,2,6,10-11H2,1H3,(H,18,20)(H,19,21). The number of rotatable bonds is 6. The number of pyridine rings is 1. The third-order valence-electron chi connectivity index (χ3n) is 3.47. The lowest BCUT2D eigenvalue weighted by Gasteiger charge is -2.08. The number of fused-ring (bicyclic) bond motifs is 1. The molecule has 0 aliphatic carbocycles. The van der Waals surface area contributed by atoms with Crippen LogP contribution in [0.5, 0.6) is 11.5 Å². The lowest BCUT2D eigenvalue weighted by molar-refractivity contribution is 0.0953. The van der Waals surface area contributed by atoms with Gasteiger partial charge in [-0.05, 0) is 36.2 Å². The fraction of sp³-hybridized carbons (Fsp3) is 0.294. The SMILES string of the molecule is CCCNC(=O)c1ccnc(NCc2ccc3c(c2)OCO3)c1. The van der Waals surface area contributed by atoms with Gasteiger partial charge in [-0.15, -0.1) is 0 Å². The van der Waals surface area contributed by atoms with Crippen molar-refractivity contribution in [1.82, 2.24) is 10.3 Å². The molecule has 3 rings (SSSR count). The summed E-state index contributed by atoms with van der Waals surface area (Å²) in [5, 5.41) is 6.07. The van der Waals surface area contributed by atoms with E-state index in [0.29, 0.717) is 24.5 Å². The topological polar surface area (TPSA) is 72.5 Å². The van der Waals surface area contributed by atoms with E-state index in [9.17, 15) is 4.79 Å². The van der Waals surface area contributed by atoms with Crippen LogP contribution in [0.2, 0.25) is 0 Å². The average molecular weight is 313 g/mol. The van der Waals surface area contributed by atoms with Crippen LogP contribution >= 0.6 is 0 Å². The number of hydrogen-bond donors (Lipinski definition) is 2. The molecular weight excluding hydrogens is 294 g/mol. The number of amides is 1. The Balaban J connectivity index is 1.63. The largest absolute Gasteiger partial charge is 0.454 e. The number of aromatic nitrogens is 1. The van der Waals surface area contributed by atoms with Crippen molar-refractivity contribution in [1.29, 1.82) is 0 Å². The Hall–Kier alpha value is -2.76. The molecule has 1 aromatic carbocycles. The molecule has 23 heavy (non-hydrogen) atoms. The summed E-state index contributed by atoms with van der Waals surface area (Å²) in [4.78, 5) is 16.2. The van der Waals surface area contributed by atoms with Crippen LogP contribution in [-0.2, 0) is 6.54 Å². The highest BCUT2D eigenvalue weighted by molar-refractivity contribution is 5.94. The number of carbonyl (C=O) groups excluding carboxylic acids is 1. The first-order valence-electron chi connectivity index (χ1n) is 7.63. The van der Waals surface area contributed by atoms with Crippen LogP contribution in [0.4, 0.5) is 5.82 Å². The summed E-state index contributed by atoms with van der Waals surface area (Å²) in [5.41, 5.74) is 1.65. The van der Waals surface area contributed by atoms with E-state index < -0.39 is 0 Å². The Morgan fingerprint density at radius 3 is 2.96 bits per heavy atom. The van der Waals surface area contributed by atoms with Crippen LogP contribution in [0.3, 0.4) is 0 Å². The molecular formula is C17H19N3O3. The van der Waals surface area contributed by atoms with Crippen molar-refractivity contribution in [3.8, 4) is 11.5 Å². The quantitative estimate of drug-likeness (QED) is 0.857. The number of nitrogens with one attached hydrogen (secondary N) is 2. The molecule has 1 amide bonds. The molecule has 1 aromatic heterocycles. The minimum Gasteiger partial charge on any atom is -0.454 e. The number of nitrogens with zero attached hydrogens (tertiary/aromatic N) is 1. The van der Waals surface area contributed by atoms with E-state index in [1.54, 1.807) is 18.3 Å². The maximum atomic E-state index is 12.0. The lowest BCUT2D eigenvalue weighted by atomic mass is 10.2. The van der Waals surface area contributed by atoms with Gasteiger partial charge in [0.15, 0.2) is 11.5 Å². The molecule has 2 aromatic rings. The summed E-state index contributed by atoms with van der Waals surface area (Å²) in [6.07, 6.45) is 2.54. The molecule has 0 bridgehead atoms. The summed E-state index contributed by atoms with van der Waals surface area (Å²) < 4.78 is 10.7. The first-order valence-corrected chi connectivity index (χ1v) is 7.63. The van der Waals surface area contributed by atoms with Crippen molar-refractivity contribution < 1.29 is 14.3 Å². The predicted molar refractivity (Wildman–Crippen MR) is 86.8 cm³/mol. The zero-order valence-electron chi connectivity index (χ0n) is 13.0. The average Bonchev–Trinajstić information content (AvgIpc) is 3.06. The van der Waals surface area contributed by atoms with Gasteiger partial charge in [-0.3, -0.25) is 4.79 Å². The fourth-order valence-corrected chi connectivity index (χ4v) is 2.25. The second kappa shape index (κ2) is 7.00. The Kier molecular flexibility index (Phi) is 4.61. The molecule has 1 aliphatic rings. The molecule has 2 heterocycles. The van der Waals surface area contributed by atoms with E-state index >= 15 is 0 Å². The van der Waals surface area contributed by atoms with Gasteiger partial charge in [0.05, 0.1) is 0 Å². The number of anilines is 1. The monoisotopic (exact) mass is 313 g/mol. The molecule has 0 saturated carbocycles. The van der Waals surface area contributed by atoms with Gasteiger partial charge < -0.3 is 20.1 Å². The maximum Gasteiger partial charge on any atom is 0.251 e. The van der Waals surface area contributed by atoms with Gasteiger partial charge in [0.1, 0.15) is 5.82 Å². The van der Waals surface area contributed by atoms with Crippen LogP contribution < -0.4 is 20.1 Å². The van der Waals surface area contributed by atoms with E-state index in [2.05, 4.69) is 15.6 Å². The smallest absolute Gasteiger partial charge is 0.251 e. The minimum absolute atomic E-state index is 0.0830. The van der Waals surface area contributed by atoms with Gasteiger partial charge in [-0.2, -0.15) is 0 Å². The Bertz CT molecular complexity index is 703. The minimum atomic E-state index is -0.0830. The highest BCUT2D eigenvalue weighted by Gasteiger charge is 2.13. The molecule has 6 nitrogen and oxygen atoms in total. The second-order valence-corrected chi connectivity index (χ2v) is 5.23. The van der Waals surface area contributed by atoms with Crippen LogP contribution in [-0.4, -0.2) is 24.2 Å². The Labute approximate surface area is 134 Å². The van der Waals surface area contributed by atoms with Gasteiger partial charge >= 0.3 is 0 Å². The summed E-state index contributed by atoms with van der Waals surface area (Å²) in [7, 11) is 0. The van der Waals surface area contributed by atoms with Crippen LogP contribution in [0, 0.1) is 0 Å². The van der Waals surface area contributed by atoms with Gasteiger partial charge in [0.25, 0.3) is 5.91 Å². The van der Waals surface area contributed by atoms with Gasteiger partial charge in [-0.25, -0.2) is 4.98 Å². The predicted octanol–water partition coefficient (Wildman–Crippen LogP) is 2.56. The molecule has 0 spiro atoms. The summed E-state index contributed by atoms with van der Waals surface area (Å²) in [6.45, 7) is 3.54. The lowest BCUT2D eigenvalue weighted by Crippen LogP contribution is -2.24. The fourth-order valence-electron chi connectivity index (χ4n) is 2.25. The Morgan fingerprint density at radius 1 is 1.22 bits per heavy atom. The zero-order chi connectivity index (χ0) is 16.1. The van der Waals surface area contributed by atoms with Gasteiger partial charge in [0.2, 0.25) is 6.79 Å². The number of carbonyl (C=O) groups is 1. The van der Waals surface area contributed by atoms with Crippen LogP contribution in [0.25, 0.3) is 0 Å². The van der Waals surface area contributed by atoms with Crippen molar-refractivity contribution in [3.05, 3.63) is 47.7 Å². The van der Waals surface area contributed by atoms with Gasteiger partial charge in [-0.1, -0.05) is 13.0 Å². The number of ether oxygens (including phenoxy) is 2. The Morgan fingerprint density at radius 2 is 2.09 bits per heavy atom. The molecule has 2 N–H and O–H groups in total. The normalized spacial score (nSPS) is 12.0. The molecule has 6 heteroatoms. The van der Waals surface area contributed by atoms with E-state index in [1.807, 2.05) is 25.1 Å². The van der Waals surface area contributed by atoms with Crippen molar-refractivity contribution in [3.63, 3.8) is 0 Å². The maximum absolute atomic E-state index is 12.0. The highest BCUT2D eigenvalue weighted by atomic mass is 16.7. The molecule has 1 aliphatic heterocycles. The summed E-state index contributed by atoms with van der Waals surface area (Å²) in [5.74, 6) is 2.10. The molecule has 0 saturated heterocycles.